The number of nitrogens with two attached hydrogens (primary N) is 1. The van der Waals surface area contributed by atoms with Crippen molar-refractivity contribution in [2.24, 2.45) is 11.7 Å². The molecule has 1 fully saturated rings. The lowest BCUT2D eigenvalue weighted by atomic mass is 10.0. The predicted molar refractivity (Wildman–Crippen MR) is 70.7 cm³/mol. The summed E-state index contributed by atoms with van der Waals surface area (Å²) in [6.07, 6.45) is 2.86. The van der Waals surface area contributed by atoms with Crippen LogP contribution in [0.1, 0.15) is 18.4 Å². The first kappa shape index (κ1) is 11.6. The fourth-order valence-corrected chi connectivity index (χ4v) is 2.95. The van der Waals surface area contributed by atoms with Gasteiger partial charge in [0.05, 0.1) is 15.1 Å². The number of nitro benzene ring substituents is 1. The van der Waals surface area contributed by atoms with Gasteiger partial charge in [0.15, 0.2) is 5.52 Å². The first-order chi connectivity index (χ1) is 8.66. The van der Waals surface area contributed by atoms with Crippen molar-refractivity contribution in [2.75, 3.05) is 0 Å². The molecule has 1 atom stereocenters. The predicted octanol–water partition coefficient (Wildman–Crippen LogP) is 2.48. The van der Waals surface area contributed by atoms with Gasteiger partial charge in [0, 0.05) is 11.6 Å². The highest BCUT2D eigenvalue weighted by Crippen LogP contribution is 2.36. The Morgan fingerprint density at radius 1 is 1.56 bits per heavy atom. The molecule has 1 aliphatic rings. The van der Waals surface area contributed by atoms with E-state index in [1.165, 1.54) is 11.3 Å². The summed E-state index contributed by atoms with van der Waals surface area (Å²) in [5.41, 5.74) is 9.03. The van der Waals surface area contributed by atoms with Gasteiger partial charge >= 0.3 is 0 Å². The Morgan fingerprint density at radius 3 is 3.00 bits per heavy atom. The van der Waals surface area contributed by atoms with Gasteiger partial charge in [-0.3, -0.25) is 10.1 Å². The van der Waals surface area contributed by atoms with Crippen LogP contribution < -0.4 is 5.73 Å². The molecule has 1 saturated carbocycles. The molecule has 0 bridgehead atoms. The zero-order valence-corrected chi connectivity index (χ0v) is 10.5. The summed E-state index contributed by atoms with van der Waals surface area (Å²) >= 11 is 1.42. The molecule has 18 heavy (non-hydrogen) atoms. The lowest BCUT2D eigenvalue weighted by Gasteiger charge is -2.10. The Bertz CT molecular complexity index is 606. The minimum Gasteiger partial charge on any atom is -0.327 e. The molecular weight excluding hydrogens is 250 g/mol. The minimum absolute atomic E-state index is 0.0276. The summed E-state index contributed by atoms with van der Waals surface area (Å²) in [6, 6.07) is 3.75. The topological polar surface area (TPSA) is 82.0 Å². The molecule has 3 rings (SSSR count). The van der Waals surface area contributed by atoms with Crippen molar-refractivity contribution >= 4 is 27.2 Å². The van der Waals surface area contributed by atoms with Crippen LogP contribution in [-0.2, 0) is 6.42 Å². The van der Waals surface area contributed by atoms with Gasteiger partial charge in [-0.1, -0.05) is 6.07 Å². The second kappa shape index (κ2) is 4.29. The highest BCUT2D eigenvalue weighted by molar-refractivity contribution is 7.16. The first-order valence-corrected chi connectivity index (χ1v) is 6.80. The van der Waals surface area contributed by atoms with E-state index in [0.717, 1.165) is 17.5 Å². The van der Waals surface area contributed by atoms with Crippen LogP contribution in [0.4, 0.5) is 5.69 Å². The molecule has 2 aromatic rings. The molecule has 2 N–H and O–H groups in total. The third kappa shape index (κ3) is 1.97. The zero-order valence-electron chi connectivity index (χ0n) is 9.70. The maximum atomic E-state index is 11.2. The summed E-state index contributed by atoms with van der Waals surface area (Å²) in [4.78, 5) is 15.0. The summed E-state index contributed by atoms with van der Waals surface area (Å²) in [6.45, 7) is 0. The van der Waals surface area contributed by atoms with Crippen LogP contribution in [-0.4, -0.2) is 15.9 Å². The quantitative estimate of drug-likeness (QED) is 0.678. The Hall–Kier alpha value is -1.53. The summed E-state index contributed by atoms with van der Waals surface area (Å²) < 4.78 is 0.852. The molecule has 0 aliphatic heterocycles. The molecule has 1 aliphatic carbocycles. The van der Waals surface area contributed by atoms with Gasteiger partial charge < -0.3 is 5.73 Å². The number of nitrogens with zero attached hydrogens (tertiary/aromatic N) is 2. The molecule has 0 saturated heterocycles. The van der Waals surface area contributed by atoms with Gasteiger partial charge in [0.25, 0.3) is 5.69 Å². The van der Waals surface area contributed by atoms with Crippen LogP contribution >= 0.6 is 11.3 Å². The van der Waals surface area contributed by atoms with Crippen molar-refractivity contribution < 1.29 is 4.92 Å². The number of fused-ring (bicyclic) bond motifs is 1. The third-order valence-electron chi connectivity index (χ3n) is 3.42. The van der Waals surface area contributed by atoms with Crippen molar-refractivity contribution in [2.45, 2.75) is 25.3 Å². The Labute approximate surface area is 108 Å². The van der Waals surface area contributed by atoms with Crippen molar-refractivity contribution in [3.05, 3.63) is 33.3 Å². The largest absolute Gasteiger partial charge is 0.327 e. The summed E-state index contributed by atoms with van der Waals surface area (Å²) in [7, 11) is 0. The lowest BCUT2D eigenvalue weighted by molar-refractivity contribution is -0.383. The van der Waals surface area contributed by atoms with Crippen LogP contribution in [0, 0.1) is 16.0 Å². The molecule has 0 radical (unpaired) electrons. The fourth-order valence-electron chi connectivity index (χ4n) is 2.27. The summed E-state index contributed by atoms with van der Waals surface area (Å²) in [5.74, 6) is 0.538. The van der Waals surface area contributed by atoms with Crippen LogP contribution in [0.2, 0.25) is 0 Å². The average molecular weight is 263 g/mol. The highest BCUT2D eigenvalue weighted by atomic mass is 32.1. The second-order valence-electron chi connectivity index (χ2n) is 4.73. The molecule has 0 spiro atoms. The van der Waals surface area contributed by atoms with E-state index in [2.05, 4.69) is 4.98 Å². The van der Waals surface area contributed by atoms with Crippen molar-refractivity contribution in [3.63, 3.8) is 0 Å². The molecule has 5 nitrogen and oxygen atoms in total. The van der Waals surface area contributed by atoms with Gasteiger partial charge in [-0.05, 0) is 31.2 Å². The van der Waals surface area contributed by atoms with Crippen molar-refractivity contribution in [3.8, 4) is 0 Å². The number of aromatic nitrogens is 1. The third-order valence-corrected chi connectivity index (χ3v) is 4.22. The highest BCUT2D eigenvalue weighted by Gasteiger charge is 2.31. The number of thiazole rings is 1. The van der Waals surface area contributed by atoms with E-state index < -0.39 is 0 Å². The second-order valence-corrected chi connectivity index (χ2v) is 5.62. The molecule has 1 aromatic heterocycles. The van der Waals surface area contributed by atoms with E-state index in [9.17, 15) is 10.1 Å². The van der Waals surface area contributed by atoms with Crippen molar-refractivity contribution in [1.82, 2.24) is 4.98 Å². The van der Waals surface area contributed by atoms with Crippen LogP contribution in [0.5, 0.6) is 0 Å². The Kier molecular flexibility index (Phi) is 2.76. The maximum absolute atomic E-state index is 11.2. The zero-order chi connectivity index (χ0) is 12.7. The maximum Gasteiger partial charge on any atom is 0.299 e. The molecule has 0 amide bonds. The number of hydrogen-bond acceptors (Lipinski definition) is 5. The van der Waals surface area contributed by atoms with E-state index in [4.69, 9.17) is 5.73 Å². The average Bonchev–Trinajstić information content (AvgIpc) is 3.07. The summed E-state index contributed by atoms with van der Waals surface area (Å²) in [5, 5.41) is 11.2. The Balaban J connectivity index is 2.03. The number of rotatable bonds is 4. The first-order valence-electron chi connectivity index (χ1n) is 5.92. The number of nitro groups is 1. The molecular formula is C12H13N3O2S. The van der Waals surface area contributed by atoms with Gasteiger partial charge in [0.1, 0.15) is 0 Å². The van der Waals surface area contributed by atoms with Gasteiger partial charge in [-0.15, -0.1) is 11.3 Å². The standard InChI is InChI=1S/C12H13N3O2S/c13-9(7-1-2-7)5-8-3-4-10-11(14-6-18-10)12(8)15(16)17/h3-4,6-7,9H,1-2,5,13H2. The smallest absolute Gasteiger partial charge is 0.299 e. The van der Waals surface area contributed by atoms with Gasteiger partial charge in [0.2, 0.25) is 0 Å². The number of benzene rings is 1. The molecule has 1 unspecified atom stereocenters. The number of hydrogen-bond donors (Lipinski definition) is 1. The van der Waals surface area contributed by atoms with E-state index in [1.54, 1.807) is 5.51 Å². The molecule has 6 heteroatoms. The lowest BCUT2D eigenvalue weighted by Crippen LogP contribution is -2.25. The van der Waals surface area contributed by atoms with Crippen LogP contribution in [0.3, 0.4) is 0 Å². The minimum atomic E-state index is -0.336. The van der Waals surface area contributed by atoms with E-state index >= 15 is 0 Å². The van der Waals surface area contributed by atoms with E-state index in [-0.39, 0.29) is 16.7 Å². The molecule has 1 aromatic carbocycles. The molecule has 94 valence electrons. The van der Waals surface area contributed by atoms with Gasteiger partial charge in [-0.2, -0.15) is 0 Å². The Morgan fingerprint density at radius 2 is 2.33 bits per heavy atom. The van der Waals surface area contributed by atoms with Crippen LogP contribution in [0.15, 0.2) is 17.6 Å². The fraction of sp³-hybridized carbons (Fsp3) is 0.417. The molecule has 1 heterocycles. The monoisotopic (exact) mass is 263 g/mol. The van der Waals surface area contributed by atoms with Gasteiger partial charge in [-0.25, -0.2) is 4.98 Å². The van der Waals surface area contributed by atoms with E-state index in [1.807, 2.05) is 12.1 Å². The normalized spacial score (nSPS) is 16.9. The van der Waals surface area contributed by atoms with Crippen LogP contribution in [0.25, 0.3) is 10.2 Å². The van der Waals surface area contributed by atoms with E-state index in [0.29, 0.717) is 23.4 Å². The van der Waals surface area contributed by atoms with Crippen molar-refractivity contribution in [1.29, 1.82) is 0 Å². The SMILES string of the molecule is NC(Cc1ccc2scnc2c1[N+](=O)[O-])C1CC1.